The van der Waals surface area contributed by atoms with Crippen molar-refractivity contribution in [1.29, 1.82) is 0 Å². The Balaban J connectivity index is 2.04. The number of carbonyl (C=O) groups is 1. The molecule has 0 aromatic carbocycles. The summed E-state index contributed by atoms with van der Waals surface area (Å²) in [5.74, 6) is -0.350. The van der Waals surface area contributed by atoms with Crippen molar-refractivity contribution in [2.24, 2.45) is 5.92 Å². The van der Waals surface area contributed by atoms with E-state index < -0.39 is 5.95 Å². The Morgan fingerprint density at radius 3 is 2.68 bits per heavy atom. The number of hydrogen-bond donors (Lipinski definition) is 1. The number of pyridine rings is 1. The van der Waals surface area contributed by atoms with Crippen molar-refractivity contribution < 1.29 is 9.18 Å². The van der Waals surface area contributed by atoms with Crippen LogP contribution in [-0.2, 0) is 0 Å². The van der Waals surface area contributed by atoms with Crippen molar-refractivity contribution in [3.63, 3.8) is 0 Å². The third-order valence-electron chi connectivity index (χ3n) is 4.05. The van der Waals surface area contributed by atoms with E-state index in [4.69, 9.17) is 0 Å². The third kappa shape index (κ3) is 3.52. The SMILES string of the molecule is CC(C)(NC(=O)c1ccnc(F)c1)C1CCCCC1. The first-order valence-corrected chi connectivity index (χ1v) is 6.93. The maximum atomic E-state index is 13.0. The fourth-order valence-electron chi connectivity index (χ4n) is 2.83. The molecule has 1 N–H and O–H groups in total. The van der Waals surface area contributed by atoms with Crippen molar-refractivity contribution in [3.05, 3.63) is 29.8 Å². The predicted molar refractivity (Wildman–Crippen MR) is 72.3 cm³/mol. The zero-order valence-electron chi connectivity index (χ0n) is 11.6. The molecule has 1 amide bonds. The van der Waals surface area contributed by atoms with Gasteiger partial charge < -0.3 is 5.32 Å². The summed E-state index contributed by atoms with van der Waals surface area (Å²) in [4.78, 5) is 15.6. The lowest BCUT2D eigenvalue weighted by Gasteiger charge is -2.37. The van der Waals surface area contributed by atoms with E-state index in [1.165, 1.54) is 37.6 Å². The number of aromatic nitrogens is 1. The van der Waals surface area contributed by atoms with Crippen LogP contribution in [0.4, 0.5) is 4.39 Å². The molecule has 1 aromatic heterocycles. The first-order chi connectivity index (χ1) is 8.99. The molecule has 0 radical (unpaired) electrons. The molecule has 1 fully saturated rings. The van der Waals surface area contributed by atoms with E-state index in [2.05, 4.69) is 24.1 Å². The Kier molecular flexibility index (Phi) is 4.17. The summed E-state index contributed by atoms with van der Waals surface area (Å²) in [7, 11) is 0. The van der Waals surface area contributed by atoms with Crippen molar-refractivity contribution in [2.75, 3.05) is 0 Å². The first-order valence-electron chi connectivity index (χ1n) is 6.93. The zero-order chi connectivity index (χ0) is 13.9. The van der Waals surface area contributed by atoms with Gasteiger partial charge in [-0.2, -0.15) is 4.39 Å². The summed E-state index contributed by atoms with van der Waals surface area (Å²) < 4.78 is 13.0. The molecule has 4 heteroatoms. The normalized spacial score (nSPS) is 17.2. The summed E-state index contributed by atoms with van der Waals surface area (Å²) in [6.07, 6.45) is 7.37. The molecule has 1 aliphatic carbocycles. The summed E-state index contributed by atoms with van der Waals surface area (Å²) >= 11 is 0. The molecule has 1 aromatic rings. The van der Waals surface area contributed by atoms with Gasteiger partial charge in [0.05, 0.1) is 0 Å². The molecule has 0 atom stereocenters. The topological polar surface area (TPSA) is 42.0 Å². The van der Waals surface area contributed by atoms with Gasteiger partial charge in [-0.3, -0.25) is 4.79 Å². The van der Waals surface area contributed by atoms with E-state index >= 15 is 0 Å². The second kappa shape index (κ2) is 5.68. The summed E-state index contributed by atoms with van der Waals surface area (Å²) in [5, 5.41) is 3.04. The smallest absolute Gasteiger partial charge is 0.251 e. The first kappa shape index (κ1) is 14.0. The minimum atomic E-state index is -0.622. The van der Waals surface area contributed by atoms with Gasteiger partial charge in [0.2, 0.25) is 5.95 Å². The number of nitrogens with one attached hydrogen (secondary N) is 1. The lowest BCUT2D eigenvalue weighted by molar-refractivity contribution is 0.0858. The molecule has 1 aliphatic rings. The Bertz CT molecular complexity index is 453. The van der Waals surface area contributed by atoms with Gasteiger partial charge in [0.1, 0.15) is 0 Å². The summed E-state index contributed by atoms with van der Waals surface area (Å²) in [6, 6.07) is 2.71. The van der Waals surface area contributed by atoms with Gasteiger partial charge >= 0.3 is 0 Å². The van der Waals surface area contributed by atoms with Crippen LogP contribution >= 0.6 is 0 Å². The lowest BCUT2D eigenvalue weighted by Crippen LogP contribution is -2.49. The van der Waals surface area contributed by atoms with Crippen LogP contribution in [0, 0.1) is 11.9 Å². The number of amides is 1. The quantitative estimate of drug-likeness (QED) is 0.851. The number of rotatable bonds is 3. The predicted octanol–water partition coefficient (Wildman–Crippen LogP) is 3.31. The van der Waals surface area contributed by atoms with Gasteiger partial charge in [0, 0.05) is 23.4 Å². The van der Waals surface area contributed by atoms with Gasteiger partial charge in [0.25, 0.3) is 5.91 Å². The van der Waals surface area contributed by atoms with E-state index in [1.54, 1.807) is 0 Å². The highest BCUT2D eigenvalue weighted by molar-refractivity contribution is 5.94. The zero-order valence-corrected chi connectivity index (χ0v) is 11.6. The van der Waals surface area contributed by atoms with Crippen molar-refractivity contribution >= 4 is 5.91 Å². The average Bonchev–Trinajstić information content (AvgIpc) is 2.39. The van der Waals surface area contributed by atoms with Crippen LogP contribution in [0.5, 0.6) is 0 Å². The Labute approximate surface area is 113 Å². The molecule has 19 heavy (non-hydrogen) atoms. The van der Waals surface area contributed by atoms with E-state index in [0.29, 0.717) is 11.5 Å². The van der Waals surface area contributed by atoms with E-state index in [0.717, 1.165) is 12.8 Å². The van der Waals surface area contributed by atoms with E-state index in [-0.39, 0.29) is 11.4 Å². The minimum Gasteiger partial charge on any atom is -0.347 e. The van der Waals surface area contributed by atoms with Gasteiger partial charge in [-0.15, -0.1) is 0 Å². The van der Waals surface area contributed by atoms with E-state index in [9.17, 15) is 9.18 Å². The molecule has 0 saturated heterocycles. The molecular weight excluding hydrogens is 243 g/mol. The molecule has 1 saturated carbocycles. The molecule has 1 heterocycles. The highest BCUT2D eigenvalue weighted by Gasteiger charge is 2.32. The molecule has 3 nitrogen and oxygen atoms in total. The molecule has 2 rings (SSSR count). The van der Waals surface area contributed by atoms with Crippen LogP contribution in [0.2, 0.25) is 0 Å². The Morgan fingerprint density at radius 1 is 1.37 bits per heavy atom. The minimum absolute atomic E-state index is 0.225. The van der Waals surface area contributed by atoms with Crippen LogP contribution in [-0.4, -0.2) is 16.4 Å². The molecule has 0 unspecified atom stereocenters. The van der Waals surface area contributed by atoms with Crippen molar-refractivity contribution in [3.8, 4) is 0 Å². The van der Waals surface area contributed by atoms with E-state index in [1.807, 2.05) is 0 Å². The van der Waals surface area contributed by atoms with Crippen LogP contribution < -0.4 is 5.32 Å². The number of carbonyl (C=O) groups excluding carboxylic acids is 1. The second-order valence-corrected chi connectivity index (χ2v) is 5.88. The highest BCUT2D eigenvalue weighted by Crippen LogP contribution is 2.32. The van der Waals surface area contributed by atoms with Crippen LogP contribution in [0.3, 0.4) is 0 Å². The average molecular weight is 264 g/mol. The molecule has 104 valence electrons. The van der Waals surface area contributed by atoms with Crippen LogP contribution in [0.1, 0.15) is 56.3 Å². The van der Waals surface area contributed by atoms with Gasteiger partial charge in [-0.1, -0.05) is 19.3 Å². The number of halogens is 1. The van der Waals surface area contributed by atoms with Crippen molar-refractivity contribution in [1.82, 2.24) is 10.3 Å². The Hall–Kier alpha value is -1.45. The molecular formula is C15H21FN2O. The van der Waals surface area contributed by atoms with Crippen LogP contribution in [0.25, 0.3) is 0 Å². The largest absolute Gasteiger partial charge is 0.347 e. The Morgan fingerprint density at radius 2 is 2.05 bits per heavy atom. The fourth-order valence-corrected chi connectivity index (χ4v) is 2.83. The van der Waals surface area contributed by atoms with Gasteiger partial charge in [-0.25, -0.2) is 4.98 Å². The van der Waals surface area contributed by atoms with Gasteiger partial charge in [0.15, 0.2) is 0 Å². The standard InChI is InChI=1S/C15H21FN2O/c1-15(2,12-6-4-3-5-7-12)18-14(19)11-8-9-17-13(16)10-11/h8-10,12H,3-7H2,1-2H3,(H,18,19). The number of hydrogen-bond acceptors (Lipinski definition) is 2. The molecule has 0 aliphatic heterocycles. The molecule has 0 spiro atoms. The fraction of sp³-hybridized carbons (Fsp3) is 0.600. The maximum Gasteiger partial charge on any atom is 0.251 e. The highest BCUT2D eigenvalue weighted by atomic mass is 19.1. The van der Waals surface area contributed by atoms with Gasteiger partial charge in [-0.05, 0) is 38.7 Å². The monoisotopic (exact) mass is 264 g/mol. The maximum absolute atomic E-state index is 13.0. The molecule has 0 bridgehead atoms. The summed E-state index contributed by atoms with van der Waals surface area (Å²) in [5.41, 5.74) is 0.0773. The lowest BCUT2D eigenvalue weighted by atomic mass is 9.76. The number of nitrogens with zero attached hydrogens (tertiary/aromatic N) is 1. The van der Waals surface area contributed by atoms with Crippen LogP contribution in [0.15, 0.2) is 18.3 Å². The third-order valence-corrected chi connectivity index (χ3v) is 4.05. The second-order valence-electron chi connectivity index (χ2n) is 5.88. The summed E-state index contributed by atoms with van der Waals surface area (Å²) in [6.45, 7) is 4.11. The van der Waals surface area contributed by atoms with Crippen molar-refractivity contribution in [2.45, 2.75) is 51.5 Å².